The third kappa shape index (κ3) is 5.17. The molecule has 3 aromatic rings. The summed E-state index contributed by atoms with van der Waals surface area (Å²) in [6.45, 7) is 1.79. The highest BCUT2D eigenvalue weighted by Crippen LogP contribution is 2.21. The first-order valence-electron chi connectivity index (χ1n) is 8.58. The lowest BCUT2D eigenvalue weighted by Gasteiger charge is -2.17. The van der Waals surface area contributed by atoms with Crippen LogP contribution in [0.25, 0.3) is 6.08 Å². The molecule has 1 aromatic heterocycles. The Labute approximate surface area is 161 Å². The predicted octanol–water partition coefficient (Wildman–Crippen LogP) is 4.66. The van der Waals surface area contributed by atoms with Crippen molar-refractivity contribution < 1.29 is 23.1 Å². The number of ether oxygens (including phenoxy) is 1. The molecule has 6 heteroatoms. The van der Waals surface area contributed by atoms with E-state index in [2.05, 4.69) is 5.32 Å². The second-order valence-corrected chi connectivity index (χ2v) is 6.01. The van der Waals surface area contributed by atoms with Crippen molar-refractivity contribution in [2.75, 3.05) is 5.32 Å². The number of halogens is 1. The van der Waals surface area contributed by atoms with E-state index in [1.54, 1.807) is 49.4 Å². The van der Waals surface area contributed by atoms with Gasteiger partial charge >= 0.3 is 5.97 Å². The SMILES string of the molecule is Cc1ccc(/C=C/C(=O)O[C@H](C(=O)Nc2ccc(F)cc2)c2ccccc2)o1. The van der Waals surface area contributed by atoms with Crippen molar-refractivity contribution in [1.82, 2.24) is 0 Å². The van der Waals surface area contributed by atoms with Crippen molar-refractivity contribution in [3.63, 3.8) is 0 Å². The van der Waals surface area contributed by atoms with Crippen LogP contribution >= 0.6 is 0 Å². The molecule has 1 N–H and O–H groups in total. The number of carbonyl (C=O) groups excluding carboxylic acids is 2. The van der Waals surface area contributed by atoms with Gasteiger partial charge in [-0.15, -0.1) is 0 Å². The fraction of sp³-hybridized carbons (Fsp3) is 0.0909. The average molecular weight is 379 g/mol. The van der Waals surface area contributed by atoms with Crippen LogP contribution in [0.3, 0.4) is 0 Å². The van der Waals surface area contributed by atoms with Crippen molar-refractivity contribution in [2.24, 2.45) is 0 Å². The number of furan rings is 1. The molecule has 2 aromatic carbocycles. The van der Waals surface area contributed by atoms with E-state index in [1.165, 1.54) is 36.4 Å². The third-order valence-corrected chi connectivity index (χ3v) is 3.83. The lowest BCUT2D eigenvalue weighted by Crippen LogP contribution is -2.25. The van der Waals surface area contributed by atoms with Crippen LogP contribution in [0.2, 0.25) is 0 Å². The second kappa shape index (κ2) is 8.81. The van der Waals surface area contributed by atoms with E-state index in [0.717, 1.165) is 0 Å². The van der Waals surface area contributed by atoms with Crippen LogP contribution in [0, 0.1) is 12.7 Å². The van der Waals surface area contributed by atoms with Crippen LogP contribution in [0.15, 0.2) is 77.2 Å². The van der Waals surface area contributed by atoms with E-state index in [0.29, 0.717) is 22.8 Å². The number of hydrogen-bond donors (Lipinski definition) is 1. The molecule has 0 aliphatic rings. The van der Waals surface area contributed by atoms with Crippen LogP contribution in [0.1, 0.15) is 23.2 Å². The molecule has 0 aliphatic carbocycles. The summed E-state index contributed by atoms with van der Waals surface area (Å²) in [4.78, 5) is 24.9. The van der Waals surface area contributed by atoms with Crippen LogP contribution in [0.5, 0.6) is 0 Å². The van der Waals surface area contributed by atoms with Crippen molar-refractivity contribution in [2.45, 2.75) is 13.0 Å². The Morgan fingerprint density at radius 2 is 1.75 bits per heavy atom. The van der Waals surface area contributed by atoms with Gasteiger partial charge in [-0.25, -0.2) is 9.18 Å². The van der Waals surface area contributed by atoms with Crippen molar-refractivity contribution in [3.05, 3.63) is 95.7 Å². The quantitative estimate of drug-likeness (QED) is 0.499. The summed E-state index contributed by atoms with van der Waals surface area (Å²) in [6.07, 6.45) is 1.50. The number of amides is 1. The summed E-state index contributed by atoms with van der Waals surface area (Å²) in [5.41, 5.74) is 0.905. The lowest BCUT2D eigenvalue weighted by atomic mass is 10.1. The molecule has 28 heavy (non-hydrogen) atoms. The van der Waals surface area contributed by atoms with Crippen LogP contribution in [0.4, 0.5) is 10.1 Å². The Morgan fingerprint density at radius 1 is 1.04 bits per heavy atom. The minimum atomic E-state index is -1.17. The first kappa shape index (κ1) is 19.1. The molecule has 1 heterocycles. The smallest absolute Gasteiger partial charge is 0.332 e. The maximum Gasteiger partial charge on any atom is 0.332 e. The number of hydrogen-bond acceptors (Lipinski definition) is 4. The van der Waals surface area contributed by atoms with Crippen molar-refractivity contribution in [3.8, 4) is 0 Å². The first-order chi connectivity index (χ1) is 13.5. The van der Waals surface area contributed by atoms with Gasteiger partial charge in [0.05, 0.1) is 0 Å². The highest BCUT2D eigenvalue weighted by Gasteiger charge is 2.24. The summed E-state index contributed by atoms with van der Waals surface area (Å²) in [7, 11) is 0. The number of aryl methyl sites for hydroxylation is 1. The van der Waals surface area contributed by atoms with Gasteiger partial charge in [0.25, 0.3) is 5.91 Å². The molecule has 1 amide bonds. The minimum absolute atomic E-state index is 0.394. The van der Waals surface area contributed by atoms with Gasteiger partial charge in [-0.3, -0.25) is 4.79 Å². The van der Waals surface area contributed by atoms with Gasteiger partial charge in [-0.2, -0.15) is 0 Å². The molecule has 0 spiro atoms. The number of carbonyl (C=O) groups is 2. The van der Waals surface area contributed by atoms with E-state index in [1.807, 2.05) is 0 Å². The first-order valence-corrected chi connectivity index (χ1v) is 8.58. The molecule has 142 valence electrons. The summed E-state index contributed by atoms with van der Waals surface area (Å²) < 4.78 is 23.8. The molecule has 0 fully saturated rings. The molecule has 0 radical (unpaired) electrons. The number of anilines is 1. The Morgan fingerprint density at radius 3 is 2.39 bits per heavy atom. The van der Waals surface area contributed by atoms with E-state index in [4.69, 9.17) is 9.15 Å². The van der Waals surface area contributed by atoms with Crippen LogP contribution in [-0.4, -0.2) is 11.9 Å². The average Bonchev–Trinajstić information content (AvgIpc) is 3.12. The van der Waals surface area contributed by atoms with E-state index < -0.39 is 23.8 Å². The molecule has 0 aliphatic heterocycles. The number of benzene rings is 2. The zero-order valence-corrected chi connectivity index (χ0v) is 15.1. The highest BCUT2D eigenvalue weighted by molar-refractivity contribution is 5.97. The maximum atomic E-state index is 13.0. The third-order valence-electron chi connectivity index (χ3n) is 3.83. The van der Waals surface area contributed by atoms with Gasteiger partial charge in [0.1, 0.15) is 17.3 Å². The molecule has 0 saturated carbocycles. The Bertz CT molecular complexity index is 977. The number of nitrogens with one attached hydrogen (secondary N) is 1. The maximum absolute atomic E-state index is 13.0. The van der Waals surface area contributed by atoms with Gasteiger partial charge < -0.3 is 14.5 Å². The zero-order valence-electron chi connectivity index (χ0n) is 15.1. The van der Waals surface area contributed by atoms with E-state index >= 15 is 0 Å². The molecule has 3 rings (SSSR count). The minimum Gasteiger partial charge on any atom is -0.462 e. The van der Waals surface area contributed by atoms with Crippen LogP contribution < -0.4 is 5.32 Å². The Balaban J connectivity index is 1.75. The lowest BCUT2D eigenvalue weighted by molar-refractivity contribution is -0.149. The predicted molar refractivity (Wildman–Crippen MR) is 103 cm³/mol. The number of rotatable bonds is 6. The summed E-state index contributed by atoms with van der Waals surface area (Å²) in [5.74, 6) is -0.441. The molecule has 5 nitrogen and oxygen atoms in total. The fourth-order valence-electron chi connectivity index (χ4n) is 2.49. The molecule has 0 bridgehead atoms. The molecule has 0 unspecified atom stereocenters. The zero-order chi connectivity index (χ0) is 19.9. The number of esters is 1. The highest BCUT2D eigenvalue weighted by atomic mass is 19.1. The van der Waals surface area contributed by atoms with Gasteiger partial charge in [0.15, 0.2) is 0 Å². The molecule has 1 atom stereocenters. The standard InChI is InChI=1S/C22H18FNO4/c1-15-7-12-19(27-15)13-14-20(25)28-21(16-5-3-2-4-6-16)22(26)24-18-10-8-17(23)9-11-18/h2-14,21H,1H3,(H,24,26)/b14-13+/t21-/m0/s1. The Kier molecular flexibility index (Phi) is 6.01. The molecular formula is C22H18FNO4. The second-order valence-electron chi connectivity index (χ2n) is 6.01. The summed E-state index contributed by atoms with van der Waals surface area (Å²) >= 11 is 0. The molecule has 0 saturated heterocycles. The van der Waals surface area contributed by atoms with E-state index in [-0.39, 0.29) is 0 Å². The van der Waals surface area contributed by atoms with Crippen LogP contribution in [-0.2, 0) is 14.3 Å². The largest absolute Gasteiger partial charge is 0.462 e. The van der Waals surface area contributed by atoms with Gasteiger partial charge in [-0.1, -0.05) is 30.3 Å². The van der Waals surface area contributed by atoms with Gasteiger partial charge in [0, 0.05) is 17.3 Å². The topological polar surface area (TPSA) is 68.5 Å². The van der Waals surface area contributed by atoms with E-state index in [9.17, 15) is 14.0 Å². The molecular weight excluding hydrogens is 361 g/mol. The van der Waals surface area contributed by atoms with Gasteiger partial charge in [-0.05, 0) is 49.4 Å². The normalized spacial score (nSPS) is 11.9. The summed E-state index contributed by atoms with van der Waals surface area (Å²) in [5, 5.41) is 2.62. The summed E-state index contributed by atoms with van der Waals surface area (Å²) in [6, 6.07) is 17.4. The van der Waals surface area contributed by atoms with Crippen molar-refractivity contribution in [1.29, 1.82) is 0 Å². The fourth-order valence-corrected chi connectivity index (χ4v) is 2.49. The monoisotopic (exact) mass is 379 g/mol. The van der Waals surface area contributed by atoms with Crippen molar-refractivity contribution >= 4 is 23.6 Å². The van der Waals surface area contributed by atoms with Gasteiger partial charge in [0.2, 0.25) is 6.10 Å². The Hall–Kier alpha value is -3.67.